The molecule has 0 aliphatic rings. The Labute approximate surface area is 230 Å². The largest absolute Gasteiger partial charge is 0.427 e. The second-order valence-electron chi connectivity index (χ2n) is 10.2. The fraction of sp³-hybridized carbons (Fsp3) is 0.625. The molecule has 38 heavy (non-hydrogen) atoms. The number of carbonyl (C=O) groups excluding carboxylic acids is 2. The van der Waals surface area contributed by atoms with E-state index in [-0.39, 0.29) is 11.9 Å². The van der Waals surface area contributed by atoms with Crippen LogP contribution in [0.5, 0.6) is 11.5 Å². The van der Waals surface area contributed by atoms with E-state index < -0.39 is 0 Å². The predicted molar refractivity (Wildman–Crippen MR) is 153 cm³/mol. The second kappa shape index (κ2) is 20.2. The minimum Gasteiger partial charge on any atom is -0.427 e. The van der Waals surface area contributed by atoms with Gasteiger partial charge >= 0.3 is 11.9 Å². The van der Waals surface area contributed by atoms with Crippen molar-refractivity contribution < 1.29 is 19.1 Å². The first kappa shape index (κ1) is 31.5. The van der Waals surface area contributed by atoms with E-state index in [1.807, 2.05) is 12.1 Å². The summed E-state index contributed by atoms with van der Waals surface area (Å²) in [6.07, 6.45) is 23.0. The Morgan fingerprint density at radius 1 is 0.553 bits per heavy atom. The molecular formula is C32H48N2O4. The molecule has 0 unspecified atom stereocenters. The second-order valence-corrected chi connectivity index (χ2v) is 10.2. The number of unbranched alkanes of at least 4 members (excludes halogenated alkanes) is 14. The Kier molecular flexibility index (Phi) is 16.8. The lowest BCUT2D eigenvalue weighted by Crippen LogP contribution is -2.08. The van der Waals surface area contributed by atoms with Crippen LogP contribution in [0, 0.1) is 0 Å². The third-order valence-electron chi connectivity index (χ3n) is 6.67. The van der Waals surface area contributed by atoms with Crippen molar-refractivity contribution >= 4 is 11.9 Å². The third-order valence-corrected chi connectivity index (χ3v) is 6.67. The molecule has 0 aliphatic heterocycles. The van der Waals surface area contributed by atoms with Crippen molar-refractivity contribution in [1.82, 2.24) is 9.97 Å². The standard InChI is InChI=1S/C32H48N2O4/c1-3-5-7-9-11-12-14-16-17-19-30(35)37-28-23-21-27(22-24-28)32-33-25-29(26-34-32)38-31(36)20-18-15-13-10-8-6-4-2/h21-26H,3-20H2,1-2H3. The van der Waals surface area contributed by atoms with Crippen LogP contribution in [0.3, 0.4) is 0 Å². The van der Waals surface area contributed by atoms with Gasteiger partial charge in [0.2, 0.25) is 0 Å². The van der Waals surface area contributed by atoms with E-state index in [9.17, 15) is 9.59 Å². The molecule has 0 spiro atoms. The Morgan fingerprint density at radius 2 is 0.947 bits per heavy atom. The van der Waals surface area contributed by atoms with Crippen LogP contribution < -0.4 is 9.47 Å². The van der Waals surface area contributed by atoms with Crippen LogP contribution in [-0.2, 0) is 9.59 Å². The van der Waals surface area contributed by atoms with Crippen LogP contribution in [-0.4, -0.2) is 21.9 Å². The molecule has 1 aromatic carbocycles. The molecule has 0 amide bonds. The minimum absolute atomic E-state index is 0.195. The van der Waals surface area contributed by atoms with E-state index in [1.165, 1.54) is 89.4 Å². The van der Waals surface area contributed by atoms with Gasteiger partial charge in [-0.05, 0) is 37.1 Å². The van der Waals surface area contributed by atoms with Crippen LogP contribution >= 0.6 is 0 Å². The van der Waals surface area contributed by atoms with E-state index in [1.54, 1.807) is 12.1 Å². The zero-order chi connectivity index (χ0) is 27.3. The molecule has 0 bridgehead atoms. The molecule has 6 nitrogen and oxygen atoms in total. The predicted octanol–water partition coefficient (Wildman–Crippen LogP) is 9.02. The van der Waals surface area contributed by atoms with E-state index in [2.05, 4.69) is 23.8 Å². The molecule has 2 rings (SSSR count). The highest BCUT2D eigenvalue weighted by Crippen LogP contribution is 2.21. The zero-order valence-electron chi connectivity index (χ0n) is 23.7. The molecule has 0 atom stereocenters. The van der Waals surface area contributed by atoms with Crippen molar-refractivity contribution in [1.29, 1.82) is 0 Å². The van der Waals surface area contributed by atoms with Gasteiger partial charge in [-0.3, -0.25) is 9.59 Å². The fourth-order valence-corrected chi connectivity index (χ4v) is 4.36. The Balaban J connectivity index is 1.63. The summed E-state index contributed by atoms with van der Waals surface area (Å²) in [5.41, 5.74) is 0.796. The monoisotopic (exact) mass is 524 g/mol. The number of hydrogen-bond donors (Lipinski definition) is 0. The SMILES string of the molecule is CCCCCCCCCCCC(=O)Oc1ccc(-c2ncc(OC(=O)CCCCCCCCC)cn2)cc1. The Morgan fingerprint density at radius 3 is 1.39 bits per heavy atom. The summed E-state index contributed by atoms with van der Waals surface area (Å²) >= 11 is 0. The number of benzene rings is 1. The molecule has 0 saturated heterocycles. The lowest BCUT2D eigenvalue weighted by Gasteiger charge is -2.07. The average Bonchev–Trinajstić information content (AvgIpc) is 2.92. The van der Waals surface area contributed by atoms with Gasteiger partial charge in [-0.25, -0.2) is 9.97 Å². The first-order chi connectivity index (χ1) is 18.6. The Bertz CT molecular complexity index is 897. The van der Waals surface area contributed by atoms with Gasteiger partial charge in [0.05, 0.1) is 12.4 Å². The summed E-state index contributed by atoms with van der Waals surface area (Å²) < 4.78 is 10.8. The summed E-state index contributed by atoms with van der Waals surface area (Å²) in [5, 5.41) is 0. The van der Waals surface area contributed by atoms with Gasteiger partial charge < -0.3 is 9.47 Å². The van der Waals surface area contributed by atoms with Crippen LogP contribution in [0.2, 0.25) is 0 Å². The van der Waals surface area contributed by atoms with E-state index in [4.69, 9.17) is 9.47 Å². The summed E-state index contributed by atoms with van der Waals surface area (Å²) in [6.45, 7) is 4.45. The number of ether oxygens (including phenoxy) is 2. The maximum absolute atomic E-state index is 12.1. The number of hydrogen-bond acceptors (Lipinski definition) is 6. The van der Waals surface area contributed by atoms with Crippen molar-refractivity contribution in [2.45, 2.75) is 129 Å². The van der Waals surface area contributed by atoms with Crippen molar-refractivity contribution in [3.63, 3.8) is 0 Å². The molecule has 0 radical (unpaired) electrons. The highest BCUT2D eigenvalue weighted by Gasteiger charge is 2.09. The van der Waals surface area contributed by atoms with Gasteiger partial charge in [0.1, 0.15) is 5.75 Å². The minimum atomic E-state index is -0.247. The molecule has 6 heteroatoms. The Hall–Kier alpha value is -2.76. The van der Waals surface area contributed by atoms with E-state index >= 15 is 0 Å². The topological polar surface area (TPSA) is 78.4 Å². The van der Waals surface area contributed by atoms with Crippen LogP contribution in [0.4, 0.5) is 0 Å². The lowest BCUT2D eigenvalue weighted by molar-refractivity contribution is -0.135. The highest BCUT2D eigenvalue weighted by atomic mass is 16.5. The summed E-state index contributed by atoms with van der Waals surface area (Å²) in [5.74, 6) is 0.946. The number of aromatic nitrogens is 2. The summed E-state index contributed by atoms with van der Waals surface area (Å²) in [4.78, 5) is 32.9. The molecule has 210 valence electrons. The fourth-order valence-electron chi connectivity index (χ4n) is 4.36. The molecule has 0 fully saturated rings. The van der Waals surface area contributed by atoms with Crippen molar-refractivity contribution in [3.8, 4) is 22.9 Å². The molecule has 0 N–H and O–H groups in total. The van der Waals surface area contributed by atoms with Gasteiger partial charge in [0.25, 0.3) is 0 Å². The van der Waals surface area contributed by atoms with E-state index in [0.29, 0.717) is 30.2 Å². The molecule has 2 aromatic rings. The summed E-state index contributed by atoms with van der Waals surface area (Å²) in [7, 11) is 0. The summed E-state index contributed by atoms with van der Waals surface area (Å²) in [6, 6.07) is 7.15. The zero-order valence-corrected chi connectivity index (χ0v) is 23.7. The van der Waals surface area contributed by atoms with E-state index in [0.717, 1.165) is 31.2 Å². The number of esters is 2. The van der Waals surface area contributed by atoms with Crippen LogP contribution in [0.25, 0.3) is 11.4 Å². The number of nitrogens with zero attached hydrogens (tertiary/aromatic N) is 2. The quantitative estimate of drug-likeness (QED) is 0.0921. The first-order valence-electron chi connectivity index (χ1n) is 15.0. The van der Waals surface area contributed by atoms with Gasteiger partial charge in [-0.15, -0.1) is 0 Å². The third kappa shape index (κ3) is 14.3. The average molecular weight is 525 g/mol. The number of carbonyl (C=O) groups is 2. The number of rotatable bonds is 21. The van der Waals surface area contributed by atoms with Gasteiger partial charge in [0.15, 0.2) is 11.6 Å². The highest BCUT2D eigenvalue weighted by molar-refractivity contribution is 5.73. The first-order valence-corrected chi connectivity index (χ1v) is 15.0. The van der Waals surface area contributed by atoms with Gasteiger partial charge in [-0.2, -0.15) is 0 Å². The lowest BCUT2D eigenvalue weighted by atomic mass is 10.1. The maximum atomic E-state index is 12.1. The molecule has 0 saturated carbocycles. The van der Waals surface area contributed by atoms with Gasteiger partial charge in [-0.1, -0.05) is 104 Å². The van der Waals surface area contributed by atoms with Crippen molar-refractivity contribution in [2.24, 2.45) is 0 Å². The smallest absolute Gasteiger partial charge is 0.311 e. The van der Waals surface area contributed by atoms with Crippen LogP contribution in [0.1, 0.15) is 129 Å². The molecular weight excluding hydrogens is 476 g/mol. The maximum Gasteiger partial charge on any atom is 0.311 e. The van der Waals surface area contributed by atoms with Crippen molar-refractivity contribution in [2.75, 3.05) is 0 Å². The van der Waals surface area contributed by atoms with Gasteiger partial charge in [0, 0.05) is 18.4 Å². The molecule has 0 aliphatic carbocycles. The normalized spacial score (nSPS) is 10.9. The van der Waals surface area contributed by atoms with Crippen molar-refractivity contribution in [3.05, 3.63) is 36.7 Å². The van der Waals surface area contributed by atoms with Crippen LogP contribution in [0.15, 0.2) is 36.7 Å². The molecule has 1 aromatic heterocycles. The molecule has 1 heterocycles.